The van der Waals surface area contributed by atoms with E-state index >= 15 is 0 Å². The van der Waals surface area contributed by atoms with Gasteiger partial charge in [-0.1, -0.05) is 48.5 Å². The van der Waals surface area contributed by atoms with Gasteiger partial charge in [0.2, 0.25) is 10.0 Å². The lowest BCUT2D eigenvalue weighted by Gasteiger charge is -2.27. The third kappa shape index (κ3) is 4.44. The van der Waals surface area contributed by atoms with Crippen molar-refractivity contribution in [2.75, 3.05) is 26.3 Å². The number of aromatic nitrogens is 1. The molecule has 2 aromatic carbocycles. The van der Waals surface area contributed by atoms with Crippen LogP contribution in [0.1, 0.15) is 16.1 Å². The van der Waals surface area contributed by atoms with E-state index < -0.39 is 10.0 Å². The van der Waals surface area contributed by atoms with Crippen LogP contribution in [-0.4, -0.2) is 49.9 Å². The molecule has 4 rings (SSSR count). The first-order valence-corrected chi connectivity index (χ1v) is 11.8. The number of amides is 1. The van der Waals surface area contributed by atoms with E-state index in [-0.39, 0.29) is 17.3 Å². The molecule has 0 bridgehead atoms. The number of morpholine rings is 1. The van der Waals surface area contributed by atoms with Crippen LogP contribution < -0.4 is 5.32 Å². The Hall–Kier alpha value is -2.59. The first kappa shape index (κ1) is 20.7. The summed E-state index contributed by atoms with van der Waals surface area (Å²) in [6, 6.07) is 16.4. The first-order valence-electron chi connectivity index (χ1n) is 9.50. The lowest BCUT2D eigenvalue weighted by atomic mass is 10.2. The Bertz CT molecular complexity index is 1120. The quantitative estimate of drug-likeness (QED) is 0.633. The molecule has 1 aliphatic heterocycles. The normalized spacial score (nSPS) is 15.1. The highest BCUT2D eigenvalue weighted by molar-refractivity contribution is 7.89. The molecule has 1 saturated heterocycles. The molecule has 0 atom stereocenters. The number of sulfonamides is 1. The Labute approximate surface area is 179 Å². The Balaban J connectivity index is 1.48. The minimum absolute atomic E-state index is 0.0940. The molecule has 156 valence electrons. The molecule has 30 heavy (non-hydrogen) atoms. The Morgan fingerprint density at radius 3 is 2.53 bits per heavy atom. The number of ether oxygens (including phenoxy) is 1. The fourth-order valence-corrected chi connectivity index (χ4v) is 5.62. The maximum Gasteiger partial charge on any atom is 0.271 e. The topological polar surface area (TPSA) is 88.6 Å². The molecule has 3 aromatic rings. The fraction of sp³-hybridized carbons (Fsp3) is 0.238. The molecule has 0 spiro atoms. The Kier molecular flexibility index (Phi) is 6.24. The fourth-order valence-electron chi connectivity index (χ4n) is 3.18. The number of carbonyl (C=O) groups is 1. The number of hydrogen-bond acceptors (Lipinski definition) is 6. The number of nitrogens with zero attached hydrogens (tertiary/aromatic N) is 2. The third-order valence-electron chi connectivity index (χ3n) is 4.76. The predicted octanol–water partition coefficient (Wildman–Crippen LogP) is 2.76. The van der Waals surface area contributed by atoms with Crippen LogP contribution in [0, 0.1) is 0 Å². The molecule has 0 radical (unpaired) electrons. The molecule has 0 saturated carbocycles. The summed E-state index contributed by atoms with van der Waals surface area (Å²) in [6.07, 6.45) is 0. The van der Waals surface area contributed by atoms with Crippen molar-refractivity contribution in [2.24, 2.45) is 0 Å². The van der Waals surface area contributed by atoms with E-state index in [1.54, 1.807) is 29.6 Å². The minimum Gasteiger partial charge on any atom is -0.379 e. The van der Waals surface area contributed by atoms with Gasteiger partial charge >= 0.3 is 0 Å². The molecule has 1 aliphatic rings. The molecule has 1 aromatic heterocycles. The summed E-state index contributed by atoms with van der Waals surface area (Å²) in [5.74, 6) is -0.341. The van der Waals surface area contributed by atoms with Gasteiger partial charge in [-0.25, -0.2) is 13.4 Å². The number of benzene rings is 2. The van der Waals surface area contributed by atoms with Crippen molar-refractivity contribution in [3.63, 3.8) is 0 Å². The molecular formula is C21H21N3O4S2. The van der Waals surface area contributed by atoms with E-state index in [9.17, 15) is 13.2 Å². The molecule has 7 nitrogen and oxygen atoms in total. The average molecular weight is 444 g/mol. The van der Waals surface area contributed by atoms with Crippen LogP contribution in [0.15, 0.2) is 64.9 Å². The maximum atomic E-state index is 13.0. The van der Waals surface area contributed by atoms with E-state index in [1.807, 2.05) is 30.3 Å². The zero-order valence-electron chi connectivity index (χ0n) is 16.2. The molecule has 9 heteroatoms. The summed E-state index contributed by atoms with van der Waals surface area (Å²) >= 11 is 1.39. The van der Waals surface area contributed by atoms with Gasteiger partial charge in [-0.05, 0) is 11.6 Å². The first-order chi connectivity index (χ1) is 14.6. The monoisotopic (exact) mass is 443 g/mol. The molecule has 1 fully saturated rings. The Morgan fingerprint density at radius 2 is 1.77 bits per heavy atom. The van der Waals surface area contributed by atoms with Crippen LogP contribution in [0.5, 0.6) is 0 Å². The molecule has 2 heterocycles. The molecule has 0 aliphatic carbocycles. The average Bonchev–Trinajstić information content (AvgIpc) is 3.29. The number of carbonyl (C=O) groups excluding carboxylic acids is 1. The van der Waals surface area contributed by atoms with Gasteiger partial charge in [0.1, 0.15) is 10.7 Å². The van der Waals surface area contributed by atoms with Crippen molar-refractivity contribution in [1.82, 2.24) is 14.6 Å². The van der Waals surface area contributed by atoms with Crippen molar-refractivity contribution >= 4 is 27.3 Å². The summed E-state index contributed by atoms with van der Waals surface area (Å²) in [6.45, 7) is 1.50. The smallest absolute Gasteiger partial charge is 0.271 e. The maximum absolute atomic E-state index is 13.0. The Morgan fingerprint density at radius 1 is 1.07 bits per heavy atom. The van der Waals surface area contributed by atoms with E-state index in [1.165, 1.54) is 15.6 Å². The van der Waals surface area contributed by atoms with Crippen LogP contribution in [-0.2, 0) is 21.3 Å². The SMILES string of the molecule is O=C(NCc1ccccc1S(=O)(=O)N1CCOCC1)c1csc(-c2ccccc2)n1. The summed E-state index contributed by atoms with van der Waals surface area (Å²) in [7, 11) is -3.65. The lowest BCUT2D eigenvalue weighted by Crippen LogP contribution is -2.41. The van der Waals surface area contributed by atoms with Gasteiger partial charge in [0, 0.05) is 30.6 Å². The van der Waals surface area contributed by atoms with E-state index in [4.69, 9.17) is 4.74 Å². The third-order valence-corrected chi connectivity index (χ3v) is 7.65. The van der Waals surface area contributed by atoms with Crippen molar-refractivity contribution in [2.45, 2.75) is 11.4 Å². The van der Waals surface area contributed by atoms with Gasteiger partial charge in [0.15, 0.2) is 0 Å². The van der Waals surface area contributed by atoms with Gasteiger partial charge in [-0.15, -0.1) is 11.3 Å². The van der Waals surface area contributed by atoms with Crippen LogP contribution >= 0.6 is 11.3 Å². The zero-order valence-corrected chi connectivity index (χ0v) is 17.8. The highest BCUT2D eigenvalue weighted by Crippen LogP contribution is 2.24. The van der Waals surface area contributed by atoms with Gasteiger partial charge in [0.25, 0.3) is 5.91 Å². The highest BCUT2D eigenvalue weighted by atomic mass is 32.2. The van der Waals surface area contributed by atoms with Crippen LogP contribution in [0.2, 0.25) is 0 Å². The van der Waals surface area contributed by atoms with Crippen molar-refractivity contribution < 1.29 is 17.9 Å². The van der Waals surface area contributed by atoms with E-state index in [0.29, 0.717) is 37.6 Å². The second kappa shape index (κ2) is 9.05. The van der Waals surface area contributed by atoms with Crippen LogP contribution in [0.25, 0.3) is 10.6 Å². The minimum atomic E-state index is -3.65. The number of hydrogen-bond donors (Lipinski definition) is 1. The van der Waals surface area contributed by atoms with Crippen molar-refractivity contribution in [3.05, 3.63) is 71.2 Å². The van der Waals surface area contributed by atoms with Crippen molar-refractivity contribution in [1.29, 1.82) is 0 Å². The molecular weight excluding hydrogens is 422 g/mol. The van der Waals surface area contributed by atoms with Crippen LogP contribution in [0.3, 0.4) is 0 Å². The van der Waals surface area contributed by atoms with Gasteiger partial charge < -0.3 is 10.1 Å². The van der Waals surface area contributed by atoms with Gasteiger partial charge in [0.05, 0.1) is 18.1 Å². The molecule has 1 amide bonds. The lowest BCUT2D eigenvalue weighted by molar-refractivity contribution is 0.0730. The number of nitrogens with one attached hydrogen (secondary N) is 1. The van der Waals surface area contributed by atoms with Gasteiger partial charge in [-0.2, -0.15) is 4.31 Å². The summed E-state index contributed by atoms with van der Waals surface area (Å²) in [5.41, 5.74) is 1.80. The molecule has 1 N–H and O–H groups in total. The summed E-state index contributed by atoms with van der Waals surface area (Å²) < 4.78 is 32.7. The molecule has 0 unspecified atom stereocenters. The highest BCUT2D eigenvalue weighted by Gasteiger charge is 2.28. The number of thiazole rings is 1. The van der Waals surface area contributed by atoms with Gasteiger partial charge in [-0.3, -0.25) is 4.79 Å². The van der Waals surface area contributed by atoms with E-state index in [2.05, 4.69) is 10.3 Å². The summed E-state index contributed by atoms with van der Waals surface area (Å²) in [4.78, 5) is 17.2. The largest absolute Gasteiger partial charge is 0.379 e. The number of rotatable bonds is 6. The van der Waals surface area contributed by atoms with Crippen LogP contribution in [0.4, 0.5) is 0 Å². The van der Waals surface area contributed by atoms with E-state index in [0.717, 1.165) is 10.6 Å². The van der Waals surface area contributed by atoms with Crippen molar-refractivity contribution in [3.8, 4) is 10.6 Å². The second-order valence-corrected chi connectivity index (χ2v) is 9.48. The predicted molar refractivity (Wildman–Crippen MR) is 115 cm³/mol. The second-order valence-electron chi connectivity index (χ2n) is 6.71. The standard InChI is InChI=1S/C21H21N3O4S2/c25-20(18-15-29-21(23-18)16-6-2-1-3-7-16)22-14-17-8-4-5-9-19(17)30(26,27)24-10-12-28-13-11-24/h1-9,15H,10-14H2,(H,22,25). The zero-order chi connectivity index (χ0) is 21.0. The summed E-state index contributed by atoms with van der Waals surface area (Å²) in [5, 5.41) is 5.26.